The number of aromatic nitrogens is 4. The SMILES string of the molecule is CCC.Cc1ccc(-c2nncnn2)cc1. The van der Waals surface area contributed by atoms with E-state index in [4.69, 9.17) is 0 Å². The van der Waals surface area contributed by atoms with Crippen molar-refractivity contribution in [2.24, 2.45) is 0 Å². The summed E-state index contributed by atoms with van der Waals surface area (Å²) in [6, 6.07) is 7.92. The molecular weight excluding hydrogens is 200 g/mol. The zero-order chi connectivity index (χ0) is 11.8. The quantitative estimate of drug-likeness (QED) is 0.735. The molecule has 2 aromatic rings. The highest BCUT2D eigenvalue weighted by molar-refractivity contribution is 5.53. The first kappa shape index (κ1) is 12.2. The Balaban J connectivity index is 0.000000386. The molecule has 0 spiro atoms. The van der Waals surface area contributed by atoms with Crippen molar-refractivity contribution < 1.29 is 0 Å². The van der Waals surface area contributed by atoms with E-state index in [1.807, 2.05) is 31.2 Å². The molecule has 4 nitrogen and oxygen atoms in total. The van der Waals surface area contributed by atoms with E-state index in [2.05, 4.69) is 34.2 Å². The highest BCUT2D eigenvalue weighted by Gasteiger charge is 1.99. The lowest BCUT2D eigenvalue weighted by atomic mass is 10.1. The average Bonchev–Trinajstić information content (AvgIpc) is 2.32. The topological polar surface area (TPSA) is 51.6 Å². The van der Waals surface area contributed by atoms with E-state index >= 15 is 0 Å². The summed E-state index contributed by atoms with van der Waals surface area (Å²) < 4.78 is 0. The number of aryl methyl sites for hydroxylation is 1. The number of nitrogens with zero attached hydrogens (tertiary/aromatic N) is 4. The second-order valence-corrected chi connectivity index (χ2v) is 3.44. The van der Waals surface area contributed by atoms with Crippen LogP contribution in [-0.4, -0.2) is 20.4 Å². The summed E-state index contributed by atoms with van der Waals surface area (Å²) in [5.41, 5.74) is 2.15. The van der Waals surface area contributed by atoms with Crippen LogP contribution in [0, 0.1) is 6.92 Å². The van der Waals surface area contributed by atoms with Crippen LogP contribution in [0.3, 0.4) is 0 Å². The smallest absolute Gasteiger partial charge is 0.135 e. The number of hydrogen-bond donors (Lipinski definition) is 0. The van der Waals surface area contributed by atoms with Gasteiger partial charge in [-0.1, -0.05) is 50.1 Å². The van der Waals surface area contributed by atoms with Crippen molar-refractivity contribution >= 4 is 0 Å². The van der Waals surface area contributed by atoms with E-state index in [0.717, 1.165) is 5.56 Å². The Morgan fingerprint density at radius 3 is 1.94 bits per heavy atom. The molecule has 0 fully saturated rings. The molecule has 0 radical (unpaired) electrons. The zero-order valence-electron chi connectivity index (χ0n) is 9.88. The third-order valence-corrected chi connectivity index (χ3v) is 1.72. The van der Waals surface area contributed by atoms with Crippen LogP contribution in [0.1, 0.15) is 25.8 Å². The van der Waals surface area contributed by atoms with E-state index in [1.165, 1.54) is 18.3 Å². The molecule has 0 unspecified atom stereocenters. The van der Waals surface area contributed by atoms with Gasteiger partial charge in [0.2, 0.25) is 5.82 Å². The average molecular weight is 216 g/mol. The summed E-state index contributed by atoms with van der Waals surface area (Å²) >= 11 is 0. The number of rotatable bonds is 1. The fraction of sp³-hybridized carbons (Fsp3) is 0.333. The van der Waals surface area contributed by atoms with Gasteiger partial charge in [-0.05, 0) is 6.92 Å². The van der Waals surface area contributed by atoms with Gasteiger partial charge in [0.05, 0.1) is 0 Å². The Morgan fingerprint density at radius 2 is 1.44 bits per heavy atom. The van der Waals surface area contributed by atoms with Gasteiger partial charge in [0, 0.05) is 5.56 Å². The van der Waals surface area contributed by atoms with Gasteiger partial charge in [-0.15, -0.1) is 20.4 Å². The molecule has 0 saturated heterocycles. The number of benzene rings is 1. The molecule has 16 heavy (non-hydrogen) atoms. The molecule has 1 heterocycles. The second-order valence-electron chi connectivity index (χ2n) is 3.44. The third-order valence-electron chi connectivity index (χ3n) is 1.72. The molecule has 1 aromatic heterocycles. The van der Waals surface area contributed by atoms with Gasteiger partial charge >= 0.3 is 0 Å². The Hall–Kier alpha value is -1.84. The number of hydrogen-bond acceptors (Lipinski definition) is 4. The first-order chi connectivity index (χ1) is 7.77. The molecule has 84 valence electrons. The van der Waals surface area contributed by atoms with Gasteiger partial charge in [0.25, 0.3) is 0 Å². The largest absolute Gasteiger partial charge is 0.203 e. The van der Waals surface area contributed by atoms with E-state index < -0.39 is 0 Å². The van der Waals surface area contributed by atoms with E-state index in [0.29, 0.717) is 5.82 Å². The summed E-state index contributed by atoms with van der Waals surface area (Å²) in [5, 5.41) is 15.0. The van der Waals surface area contributed by atoms with E-state index in [1.54, 1.807) is 0 Å². The van der Waals surface area contributed by atoms with Crippen LogP contribution in [0.5, 0.6) is 0 Å². The fourth-order valence-electron chi connectivity index (χ4n) is 1.02. The molecular formula is C12H16N4. The predicted molar refractivity (Wildman–Crippen MR) is 63.8 cm³/mol. The van der Waals surface area contributed by atoms with Gasteiger partial charge in [-0.25, -0.2) is 0 Å². The van der Waals surface area contributed by atoms with Crippen LogP contribution in [0.2, 0.25) is 0 Å². The lowest BCUT2D eigenvalue weighted by Crippen LogP contribution is -1.93. The minimum absolute atomic E-state index is 0.558. The van der Waals surface area contributed by atoms with Crippen molar-refractivity contribution in [3.63, 3.8) is 0 Å². The Labute approximate surface area is 95.8 Å². The summed E-state index contributed by atoms with van der Waals surface area (Å²) in [6.07, 6.45) is 2.57. The molecule has 2 rings (SSSR count). The van der Waals surface area contributed by atoms with E-state index in [9.17, 15) is 0 Å². The Kier molecular flexibility index (Phi) is 5.05. The van der Waals surface area contributed by atoms with Crippen molar-refractivity contribution in [3.8, 4) is 11.4 Å². The van der Waals surface area contributed by atoms with Crippen molar-refractivity contribution in [1.82, 2.24) is 20.4 Å². The third kappa shape index (κ3) is 3.73. The van der Waals surface area contributed by atoms with Crippen LogP contribution >= 0.6 is 0 Å². The Bertz CT molecular complexity index is 397. The summed E-state index contributed by atoms with van der Waals surface area (Å²) in [7, 11) is 0. The van der Waals surface area contributed by atoms with Crippen LogP contribution in [0.25, 0.3) is 11.4 Å². The lowest BCUT2D eigenvalue weighted by molar-refractivity contribution is 0.864. The molecule has 0 N–H and O–H groups in total. The molecule has 4 heteroatoms. The highest BCUT2D eigenvalue weighted by Crippen LogP contribution is 2.12. The normalized spacial score (nSPS) is 9.19. The van der Waals surface area contributed by atoms with Gasteiger partial charge in [-0.2, -0.15) is 0 Å². The highest BCUT2D eigenvalue weighted by atomic mass is 15.3. The van der Waals surface area contributed by atoms with Gasteiger partial charge in [0.15, 0.2) is 6.33 Å². The van der Waals surface area contributed by atoms with Crippen LogP contribution in [0.4, 0.5) is 0 Å². The Morgan fingerprint density at radius 1 is 0.938 bits per heavy atom. The maximum absolute atomic E-state index is 3.86. The zero-order valence-corrected chi connectivity index (χ0v) is 9.88. The molecule has 0 bridgehead atoms. The van der Waals surface area contributed by atoms with Crippen LogP contribution in [-0.2, 0) is 0 Å². The minimum atomic E-state index is 0.558. The predicted octanol–water partition coefficient (Wildman–Crippen LogP) is 2.66. The molecule has 0 amide bonds. The molecule has 0 aliphatic rings. The van der Waals surface area contributed by atoms with Crippen molar-refractivity contribution in [3.05, 3.63) is 36.2 Å². The maximum Gasteiger partial charge on any atom is 0.203 e. The first-order valence-corrected chi connectivity index (χ1v) is 5.35. The summed E-state index contributed by atoms with van der Waals surface area (Å²) in [5.74, 6) is 0.558. The summed E-state index contributed by atoms with van der Waals surface area (Å²) in [6.45, 7) is 6.28. The van der Waals surface area contributed by atoms with Crippen LogP contribution in [0.15, 0.2) is 30.6 Å². The molecule has 0 aliphatic heterocycles. The minimum Gasteiger partial charge on any atom is -0.135 e. The monoisotopic (exact) mass is 216 g/mol. The van der Waals surface area contributed by atoms with Gasteiger partial charge in [-0.3, -0.25) is 0 Å². The molecule has 1 aromatic carbocycles. The van der Waals surface area contributed by atoms with Crippen molar-refractivity contribution in [2.45, 2.75) is 27.2 Å². The van der Waals surface area contributed by atoms with E-state index in [-0.39, 0.29) is 0 Å². The van der Waals surface area contributed by atoms with Crippen LogP contribution < -0.4 is 0 Å². The standard InChI is InChI=1S/C9H8N4.C3H8/c1-7-2-4-8(5-3-7)9-12-10-6-11-13-9;1-3-2/h2-6H,1H3;3H2,1-2H3. The first-order valence-electron chi connectivity index (χ1n) is 5.35. The summed E-state index contributed by atoms with van der Waals surface area (Å²) in [4.78, 5) is 0. The van der Waals surface area contributed by atoms with Gasteiger partial charge in [0.1, 0.15) is 0 Å². The van der Waals surface area contributed by atoms with Crippen molar-refractivity contribution in [1.29, 1.82) is 0 Å². The maximum atomic E-state index is 3.86. The molecule has 0 saturated carbocycles. The van der Waals surface area contributed by atoms with Gasteiger partial charge < -0.3 is 0 Å². The fourth-order valence-corrected chi connectivity index (χ4v) is 1.02. The molecule has 0 aliphatic carbocycles. The lowest BCUT2D eigenvalue weighted by Gasteiger charge is -1.96. The second kappa shape index (κ2) is 6.61. The van der Waals surface area contributed by atoms with Crippen molar-refractivity contribution in [2.75, 3.05) is 0 Å². The molecule has 0 atom stereocenters.